The van der Waals surface area contributed by atoms with E-state index in [2.05, 4.69) is 0 Å². The van der Waals surface area contributed by atoms with Gasteiger partial charge in [0.15, 0.2) is 6.10 Å². The number of carbonyl (C=O) groups excluding carboxylic acids is 1. The van der Waals surface area contributed by atoms with Gasteiger partial charge in [0.1, 0.15) is 18.3 Å². The molecule has 6 nitrogen and oxygen atoms in total. The molecule has 6 heteroatoms. The second kappa shape index (κ2) is 3.59. The molecule has 1 fully saturated rings. The predicted octanol–water partition coefficient (Wildman–Crippen LogP) is -2.66. The third-order valence-corrected chi connectivity index (χ3v) is 2.13. The number of aliphatic hydroxyl groups is 3. The zero-order valence-corrected chi connectivity index (χ0v) is 7.12. The quantitative estimate of drug-likeness (QED) is 0.361. The van der Waals surface area contributed by atoms with Crippen molar-refractivity contribution in [1.29, 1.82) is 0 Å². The minimum absolute atomic E-state index is 0.726. The van der Waals surface area contributed by atoms with Crippen LogP contribution in [0.15, 0.2) is 0 Å². The summed E-state index contributed by atoms with van der Waals surface area (Å²) >= 11 is 0. The van der Waals surface area contributed by atoms with E-state index in [1.807, 2.05) is 0 Å². The molecule has 1 aliphatic rings. The molecule has 0 bridgehead atoms. The number of amides is 1. The van der Waals surface area contributed by atoms with Crippen molar-refractivity contribution in [2.75, 3.05) is 0 Å². The van der Waals surface area contributed by atoms with Crippen LogP contribution in [0.1, 0.15) is 6.92 Å². The molecule has 1 aliphatic heterocycles. The Labute approximate surface area is 74.9 Å². The summed E-state index contributed by atoms with van der Waals surface area (Å²) in [6.45, 7) is 1.48. The van der Waals surface area contributed by atoms with Gasteiger partial charge in [0.2, 0.25) is 5.91 Å². The van der Waals surface area contributed by atoms with Crippen LogP contribution in [0.3, 0.4) is 0 Å². The number of nitrogens with two attached hydrogens (primary N) is 1. The molecule has 0 aromatic heterocycles. The van der Waals surface area contributed by atoms with Crippen molar-refractivity contribution in [1.82, 2.24) is 0 Å². The molecule has 13 heavy (non-hydrogen) atoms. The summed E-state index contributed by atoms with van der Waals surface area (Å²) < 4.78 is 4.91. The van der Waals surface area contributed by atoms with E-state index in [-0.39, 0.29) is 0 Å². The molecule has 1 heterocycles. The number of hydrogen-bond donors (Lipinski definition) is 4. The average Bonchev–Trinajstić information content (AvgIpc) is 2.07. The van der Waals surface area contributed by atoms with Gasteiger partial charge in [-0.15, -0.1) is 0 Å². The van der Waals surface area contributed by atoms with E-state index in [1.165, 1.54) is 6.92 Å². The lowest BCUT2D eigenvalue weighted by Crippen LogP contribution is -2.60. The zero-order valence-electron chi connectivity index (χ0n) is 7.12. The summed E-state index contributed by atoms with van der Waals surface area (Å²) in [6.07, 6.45) is -6.06. The molecule has 0 aromatic rings. The summed E-state index contributed by atoms with van der Waals surface area (Å²) in [5.41, 5.74) is 4.91. The van der Waals surface area contributed by atoms with Crippen molar-refractivity contribution < 1.29 is 24.9 Å². The molecule has 0 saturated carbocycles. The van der Waals surface area contributed by atoms with E-state index in [1.54, 1.807) is 0 Å². The Morgan fingerprint density at radius 2 is 1.77 bits per heavy atom. The second-order valence-electron chi connectivity index (χ2n) is 3.14. The Bertz CT molecular complexity index is 209. The fourth-order valence-electron chi connectivity index (χ4n) is 1.29. The standard InChI is InChI=1S/C7H13NO5/c1-2-3(9)4(10)5(11)6(13-2)7(8)12/h2-6,9-11H,1H3,(H2,8,12)/t2-,3+,4+,5-,6?/m1/s1. The van der Waals surface area contributed by atoms with Gasteiger partial charge in [0, 0.05) is 0 Å². The van der Waals surface area contributed by atoms with E-state index < -0.39 is 36.4 Å². The zero-order chi connectivity index (χ0) is 10.2. The molecular weight excluding hydrogens is 178 g/mol. The van der Waals surface area contributed by atoms with Crippen molar-refractivity contribution >= 4 is 5.91 Å². The highest BCUT2D eigenvalue weighted by Crippen LogP contribution is 2.20. The van der Waals surface area contributed by atoms with Crippen LogP contribution >= 0.6 is 0 Å². The fraction of sp³-hybridized carbons (Fsp3) is 0.857. The predicted molar refractivity (Wildman–Crippen MR) is 41.5 cm³/mol. The second-order valence-corrected chi connectivity index (χ2v) is 3.14. The minimum Gasteiger partial charge on any atom is -0.388 e. The summed E-state index contributed by atoms with van der Waals surface area (Å²) in [4.78, 5) is 10.7. The topological polar surface area (TPSA) is 113 Å². The van der Waals surface area contributed by atoms with Gasteiger partial charge in [-0.25, -0.2) is 0 Å². The van der Waals surface area contributed by atoms with Crippen LogP contribution in [0.2, 0.25) is 0 Å². The van der Waals surface area contributed by atoms with Crippen LogP contribution in [-0.2, 0) is 9.53 Å². The highest BCUT2D eigenvalue weighted by atomic mass is 16.5. The molecule has 0 radical (unpaired) electrons. The molecule has 76 valence electrons. The van der Waals surface area contributed by atoms with Crippen molar-refractivity contribution in [2.45, 2.75) is 37.4 Å². The maximum Gasteiger partial charge on any atom is 0.249 e. The van der Waals surface area contributed by atoms with Gasteiger partial charge in [0.05, 0.1) is 6.10 Å². The van der Waals surface area contributed by atoms with Gasteiger partial charge < -0.3 is 25.8 Å². The van der Waals surface area contributed by atoms with E-state index in [4.69, 9.17) is 10.5 Å². The smallest absolute Gasteiger partial charge is 0.249 e. The first-order valence-electron chi connectivity index (χ1n) is 3.94. The first kappa shape index (κ1) is 10.4. The maximum absolute atomic E-state index is 10.7. The Morgan fingerprint density at radius 3 is 2.23 bits per heavy atom. The van der Waals surface area contributed by atoms with Gasteiger partial charge in [-0.3, -0.25) is 4.79 Å². The molecule has 5 N–H and O–H groups in total. The summed E-state index contributed by atoms with van der Waals surface area (Å²) in [5, 5.41) is 27.7. The fourth-order valence-corrected chi connectivity index (χ4v) is 1.29. The van der Waals surface area contributed by atoms with Crippen molar-refractivity contribution in [3.63, 3.8) is 0 Å². The lowest BCUT2D eigenvalue weighted by atomic mass is 9.95. The number of rotatable bonds is 1. The first-order chi connectivity index (χ1) is 5.95. The molecule has 0 aromatic carbocycles. The monoisotopic (exact) mass is 191 g/mol. The number of ether oxygens (including phenoxy) is 1. The van der Waals surface area contributed by atoms with Gasteiger partial charge in [-0.2, -0.15) is 0 Å². The van der Waals surface area contributed by atoms with Crippen LogP contribution in [0, 0.1) is 0 Å². The maximum atomic E-state index is 10.7. The molecule has 5 atom stereocenters. The van der Waals surface area contributed by atoms with E-state index in [0.29, 0.717) is 0 Å². The van der Waals surface area contributed by atoms with Crippen molar-refractivity contribution in [3.8, 4) is 0 Å². The normalized spacial score (nSPS) is 46.0. The molecule has 1 saturated heterocycles. The third kappa shape index (κ3) is 1.80. The summed E-state index contributed by atoms with van der Waals surface area (Å²) in [6, 6.07) is 0. The SMILES string of the molecule is C[C@H]1OC(C(N)=O)[C@H](O)[C@@H](O)[C@H]1O. The van der Waals surface area contributed by atoms with Crippen molar-refractivity contribution in [3.05, 3.63) is 0 Å². The molecule has 1 unspecified atom stereocenters. The van der Waals surface area contributed by atoms with Crippen LogP contribution in [-0.4, -0.2) is 51.7 Å². The van der Waals surface area contributed by atoms with Crippen LogP contribution < -0.4 is 5.73 Å². The third-order valence-electron chi connectivity index (χ3n) is 2.13. The minimum atomic E-state index is -1.47. The van der Waals surface area contributed by atoms with E-state index in [0.717, 1.165) is 0 Å². The first-order valence-corrected chi connectivity index (χ1v) is 3.94. The van der Waals surface area contributed by atoms with Gasteiger partial charge in [-0.05, 0) is 6.92 Å². The molecule has 1 rings (SSSR count). The Hall–Kier alpha value is -0.690. The Kier molecular flexibility index (Phi) is 2.87. The number of primary amides is 1. The molecule has 1 amide bonds. The number of carbonyl (C=O) groups is 1. The van der Waals surface area contributed by atoms with Gasteiger partial charge in [-0.1, -0.05) is 0 Å². The van der Waals surface area contributed by atoms with Crippen molar-refractivity contribution in [2.24, 2.45) is 5.73 Å². The largest absolute Gasteiger partial charge is 0.388 e. The molecule has 0 aliphatic carbocycles. The van der Waals surface area contributed by atoms with Gasteiger partial charge >= 0.3 is 0 Å². The van der Waals surface area contributed by atoms with Crippen LogP contribution in [0.5, 0.6) is 0 Å². The Morgan fingerprint density at radius 1 is 1.23 bits per heavy atom. The van der Waals surface area contributed by atoms with E-state index in [9.17, 15) is 20.1 Å². The Balaban J connectivity index is 2.76. The molecule has 0 spiro atoms. The van der Waals surface area contributed by atoms with Crippen LogP contribution in [0.4, 0.5) is 0 Å². The van der Waals surface area contributed by atoms with Gasteiger partial charge in [0.25, 0.3) is 0 Å². The summed E-state index contributed by atoms with van der Waals surface area (Å²) in [5.74, 6) is -0.856. The number of aliphatic hydroxyl groups excluding tert-OH is 3. The van der Waals surface area contributed by atoms with E-state index >= 15 is 0 Å². The highest BCUT2D eigenvalue weighted by molar-refractivity contribution is 5.79. The highest BCUT2D eigenvalue weighted by Gasteiger charge is 2.44. The summed E-state index contributed by atoms with van der Waals surface area (Å²) in [7, 11) is 0. The number of hydrogen-bond acceptors (Lipinski definition) is 5. The molecular formula is C7H13NO5. The lowest BCUT2D eigenvalue weighted by molar-refractivity contribution is -0.214. The lowest BCUT2D eigenvalue weighted by Gasteiger charge is -2.37. The average molecular weight is 191 g/mol. The van der Waals surface area contributed by atoms with Crippen LogP contribution in [0.25, 0.3) is 0 Å².